The van der Waals surface area contributed by atoms with Crippen LogP contribution in [-0.4, -0.2) is 19.3 Å². The second kappa shape index (κ2) is 4.74. The van der Waals surface area contributed by atoms with Crippen molar-refractivity contribution in [2.75, 3.05) is 24.2 Å². The van der Waals surface area contributed by atoms with Crippen molar-refractivity contribution in [3.8, 4) is 0 Å². The standard InChI is InChI=1S/C13H20N2O/c1-9-7-12(14)3-4-13(9)15-8-11-5-6-16-10(11)2/h3-4,7,10-11,15H,5-6,8,14H2,1-2H3. The summed E-state index contributed by atoms with van der Waals surface area (Å²) in [4.78, 5) is 0. The van der Waals surface area contributed by atoms with Gasteiger partial charge in [-0.05, 0) is 44.0 Å². The van der Waals surface area contributed by atoms with Crippen LogP contribution >= 0.6 is 0 Å². The Balaban J connectivity index is 1.94. The number of anilines is 2. The zero-order chi connectivity index (χ0) is 11.5. The van der Waals surface area contributed by atoms with Gasteiger partial charge in [-0.2, -0.15) is 0 Å². The van der Waals surface area contributed by atoms with E-state index in [-0.39, 0.29) is 0 Å². The zero-order valence-corrected chi connectivity index (χ0v) is 9.99. The molecule has 2 unspecified atom stereocenters. The van der Waals surface area contributed by atoms with Crippen LogP contribution in [0.4, 0.5) is 11.4 Å². The molecule has 0 saturated carbocycles. The van der Waals surface area contributed by atoms with Crippen molar-refractivity contribution in [2.45, 2.75) is 26.4 Å². The lowest BCUT2D eigenvalue weighted by Crippen LogP contribution is -2.21. The molecule has 2 atom stereocenters. The van der Waals surface area contributed by atoms with Crippen LogP contribution in [0.1, 0.15) is 18.9 Å². The number of hydrogen-bond donors (Lipinski definition) is 2. The molecule has 2 rings (SSSR count). The fourth-order valence-electron chi connectivity index (χ4n) is 2.17. The van der Waals surface area contributed by atoms with Crippen molar-refractivity contribution < 1.29 is 4.74 Å². The number of ether oxygens (including phenoxy) is 1. The Kier molecular flexibility index (Phi) is 3.34. The lowest BCUT2D eigenvalue weighted by atomic mass is 10.0. The lowest BCUT2D eigenvalue weighted by molar-refractivity contribution is 0.108. The number of nitrogens with two attached hydrogens (primary N) is 1. The first kappa shape index (κ1) is 11.3. The summed E-state index contributed by atoms with van der Waals surface area (Å²) in [6, 6.07) is 5.98. The summed E-state index contributed by atoms with van der Waals surface area (Å²) >= 11 is 0. The van der Waals surface area contributed by atoms with Crippen LogP contribution in [0.2, 0.25) is 0 Å². The van der Waals surface area contributed by atoms with E-state index in [0.29, 0.717) is 12.0 Å². The van der Waals surface area contributed by atoms with Crippen molar-refractivity contribution in [1.29, 1.82) is 0 Å². The van der Waals surface area contributed by atoms with Crippen LogP contribution in [0.5, 0.6) is 0 Å². The van der Waals surface area contributed by atoms with Gasteiger partial charge in [0.05, 0.1) is 6.10 Å². The highest BCUT2D eigenvalue weighted by Crippen LogP contribution is 2.23. The predicted octanol–water partition coefficient (Wildman–Crippen LogP) is 2.41. The third kappa shape index (κ3) is 2.47. The largest absolute Gasteiger partial charge is 0.399 e. The lowest BCUT2D eigenvalue weighted by Gasteiger charge is -2.17. The zero-order valence-electron chi connectivity index (χ0n) is 9.99. The van der Waals surface area contributed by atoms with E-state index in [2.05, 4.69) is 19.2 Å². The Labute approximate surface area is 97.0 Å². The van der Waals surface area contributed by atoms with Gasteiger partial charge < -0.3 is 15.8 Å². The molecule has 1 heterocycles. The van der Waals surface area contributed by atoms with Gasteiger partial charge in [0.1, 0.15) is 0 Å². The van der Waals surface area contributed by atoms with Gasteiger partial charge >= 0.3 is 0 Å². The normalized spacial score (nSPS) is 24.6. The number of benzene rings is 1. The minimum absolute atomic E-state index is 0.376. The summed E-state index contributed by atoms with van der Waals surface area (Å²) in [5.41, 5.74) is 8.91. The molecule has 1 aromatic rings. The van der Waals surface area contributed by atoms with Crippen molar-refractivity contribution in [3.05, 3.63) is 23.8 Å². The summed E-state index contributed by atoms with van der Waals surface area (Å²) in [6.07, 6.45) is 1.53. The summed E-state index contributed by atoms with van der Waals surface area (Å²) in [6.45, 7) is 6.10. The smallest absolute Gasteiger partial charge is 0.0592 e. The third-order valence-electron chi connectivity index (χ3n) is 3.34. The molecule has 1 saturated heterocycles. The summed E-state index contributed by atoms with van der Waals surface area (Å²) in [5, 5.41) is 3.48. The van der Waals surface area contributed by atoms with Gasteiger partial charge in [0, 0.05) is 30.4 Å². The van der Waals surface area contributed by atoms with Crippen LogP contribution in [0, 0.1) is 12.8 Å². The molecule has 0 spiro atoms. The topological polar surface area (TPSA) is 47.3 Å². The highest BCUT2D eigenvalue weighted by molar-refractivity contribution is 5.57. The first-order chi connectivity index (χ1) is 7.66. The van der Waals surface area contributed by atoms with Crippen molar-refractivity contribution in [3.63, 3.8) is 0 Å². The Morgan fingerprint density at radius 1 is 1.50 bits per heavy atom. The molecule has 0 aliphatic carbocycles. The maximum Gasteiger partial charge on any atom is 0.0592 e. The molecule has 3 N–H and O–H groups in total. The molecule has 0 bridgehead atoms. The molecule has 88 valence electrons. The molecular formula is C13H20N2O. The molecule has 1 aromatic carbocycles. The van der Waals surface area contributed by atoms with E-state index >= 15 is 0 Å². The van der Waals surface area contributed by atoms with Gasteiger partial charge in [0.15, 0.2) is 0 Å². The molecule has 1 fully saturated rings. The van der Waals surface area contributed by atoms with Crippen LogP contribution in [0.3, 0.4) is 0 Å². The van der Waals surface area contributed by atoms with Gasteiger partial charge in [-0.3, -0.25) is 0 Å². The van der Waals surface area contributed by atoms with E-state index in [1.54, 1.807) is 0 Å². The van der Waals surface area contributed by atoms with E-state index in [9.17, 15) is 0 Å². The molecule has 0 radical (unpaired) electrons. The van der Waals surface area contributed by atoms with E-state index in [1.807, 2.05) is 18.2 Å². The van der Waals surface area contributed by atoms with Crippen molar-refractivity contribution in [1.82, 2.24) is 0 Å². The second-order valence-corrected chi connectivity index (χ2v) is 4.58. The van der Waals surface area contributed by atoms with Crippen LogP contribution in [0.25, 0.3) is 0 Å². The average Bonchev–Trinajstić information content (AvgIpc) is 2.63. The van der Waals surface area contributed by atoms with Crippen LogP contribution in [-0.2, 0) is 4.74 Å². The molecule has 3 heteroatoms. The van der Waals surface area contributed by atoms with Gasteiger partial charge in [0.25, 0.3) is 0 Å². The SMILES string of the molecule is Cc1cc(N)ccc1NCC1CCOC1C. The number of aryl methyl sites for hydroxylation is 1. The molecule has 0 aromatic heterocycles. The average molecular weight is 220 g/mol. The van der Waals surface area contributed by atoms with E-state index in [1.165, 1.54) is 11.3 Å². The van der Waals surface area contributed by atoms with Gasteiger partial charge in [0.2, 0.25) is 0 Å². The fraction of sp³-hybridized carbons (Fsp3) is 0.538. The highest BCUT2D eigenvalue weighted by Gasteiger charge is 2.23. The molecular weight excluding hydrogens is 200 g/mol. The molecule has 16 heavy (non-hydrogen) atoms. The number of nitrogen functional groups attached to an aromatic ring is 1. The van der Waals surface area contributed by atoms with Gasteiger partial charge in [-0.1, -0.05) is 0 Å². The summed E-state index contributed by atoms with van der Waals surface area (Å²) in [5.74, 6) is 0.622. The first-order valence-electron chi connectivity index (χ1n) is 5.88. The monoisotopic (exact) mass is 220 g/mol. The van der Waals surface area contributed by atoms with Gasteiger partial charge in [-0.25, -0.2) is 0 Å². The van der Waals surface area contributed by atoms with E-state index in [4.69, 9.17) is 10.5 Å². The second-order valence-electron chi connectivity index (χ2n) is 4.58. The maximum absolute atomic E-state index is 5.72. The van der Waals surface area contributed by atoms with E-state index in [0.717, 1.165) is 25.3 Å². The Morgan fingerprint density at radius 2 is 2.31 bits per heavy atom. The minimum Gasteiger partial charge on any atom is -0.399 e. The van der Waals surface area contributed by atoms with Crippen LogP contribution in [0.15, 0.2) is 18.2 Å². The molecule has 1 aliphatic heterocycles. The summed E-state index contributed by atoms with van der Waals surface area (Å²) in [7, 11) is 0. The molecule has 3 nitrogen and oxygen atoms in total. The number of hydrogen-bond acceptors (Lipinski definition) is 3. The minimum atomic E-state index is 0.376. The van der Waals surface area contributed by atoms with Crippen molar-refractivity contribution >= 4 is 11.4 Å². The Hall–Kier alpha value is -1.22. The van der Waals surface area contributed by atoms with Gasteiger partial charge in [-0.15, -0.1) is 0 Å². The highest BCUT2D eigenvalue weighted by atomic mass is 16.5. The Bertz CT molecular complexity index is 365. The van der Waals surface area contributed by atoms with E-state index < -0.39 is 0 Å². The first-order valence-corrected chi connectivity index (χ1v) is 5.88. The van der Waals surface area contributed by atoms with Crippen molar-refractivity contribution in [2.24, 2.45) is 5.92 Å². The predicted molar refractivity (Wildman–Crippen MR) is 67.6 cm³/mol. The maximum atomic E-state index is 5.72. The van der Waals surface area contributed by atoms with Crippen LogP contribution < -0.4 is 11.1 Å². The number of nitrogens with one attached hydrogen (secondary N) is 1. The molecule has 0 amide bonds. The number of rotatable bonds is 3. The summed E-state index contributed by atoms with van der Waals surface area (Å²) < 4.78 is 5.54. The Morgan fingerprint density at radius 3 is 2.94 bits per heavy atom. The molecule has 1 aliphatic rings. The quantitative estimate of drug-likeness (QED) is 0.769. The fourth-order valence-corrected chi connectivity index (χ4v) is 2.17. The third-order valence-corrected chi connectivity index (χ3v) is 3.34.